The van der Waals surface area contributed by atoms with Gasteiger partial charge in [0.05, 0.1) is 4.47 Å². The highest BCUT2D eigenvalue weighted by molar-refractivity contribution is 9.10. The summed E-state index contributed by atoms with van der Waals surface area (Å²) in [5, 5.41) is 0. The van der Waals surface area contributed by atoms with Crippen molar-refractivity contribution in [2.75, 3.05) is 26.9 Å². The molecule has 6 heteroatoms. The van der Waals surface area contributed by atoms with E-state index in [1.165, 1.54) is 0 Å². The molecule has 1 aromatic carbocycles. The molecule has 1 aliphatic heterocycles. The third-order valence-corrected chi connectivity index (χ3v) is 7.97. The maximum atomic E-state index is 13.8. The van der Waals surface area contributed by atoms with Crippen LogP contribution in [-0.4, -0.2) is 43.3 Å². The number of rotatable bonds is 7. The Labute approximate surface area is 223 Å². The van der Waals surface area contributed by atoms with Gasteiger partial charge in [0.15, 0.2) is 11.6 Å². The topological polar surface area (TPSA) is 55.8 Å². The van der Waals surface area contributed by atoms with Crippen LogP contribution in [0.25, 0.3) is 0 Å². The number of benzene rings is 1. The molecule has 36 heavy (non-hydrogen) atoms. The summed E-state index contributed by atoms with van der Waals surface area (Å²) in [4.78, 5) is 29.9. The second-order valence-corrected chi connectivity index (χ2v) is 12.6. The fourth-order valence-corrected chi connectivity index (χ4v) is 6.46. The fourth-order valence-electron chi connectivity index (χ4n) is 5.95. The standard InChI is InChI=1S/C30H36BrNO4/c1-7-12-36-25-10-9-19(14-20(25)31)26-27-21(15-29(2,3)17-23(27)33)32(11-8-13-35-6)22-16-30(4,5)18-24(34)28(22)26/h1,9-10,14,26H,8,11-13,15-18H2,2-6H3. The predicted octanol–water partition coefficient (Wildman–Crippen LogP) is 6.18. The quantitative estimate of drug-likeness (QED) is 0.298. The van der Waals surface area contributed by atoms with Crippen molar-refractivity contribution in [1.82, 2.24) is 4.90 Å². The lowest BCUT2D eigenvalue weighted by molar-refractivity contribution is -0.119. The van der Waals surface area contributed by atoms with E-state index >= 15 is 0 Å². The lowest BCUT2D eigenvalue weighted by Crippen LogP contribution is -2.44. The predicted molar refractivity (Wildman–Crippen MR) is 145 cm³/mol. The first kappa shape index (κ1) is 26.7. The molecule has 2 aliphatic carbocycles. The van der Waals surface area contributed by atoms with E-state index in [2.05, 4.69) is 54.4 Å². The van der Waals surface area contributed by atoms with E-state index in [-0.39, 0.29) is 34.9 Å². The van der Waals surface area contributed by atoms with Gasteiger partial charge in [0.1, 0.15) is 12.4 Å². The van der Waals surface area contributed by atoms with Crippen LogP contribution in [0.1, 0.15) is 71.3 Å². The summed E-state index contributed by atoms with van der Waals surface area (Å²) >= 11 is 3.62. The molecule has 0 atom stereocenters. The summed E-state index contributed by atoms with van der Waals surface area (Å²) in [6.07, 6.45) is 8.73. The van der Waals surface area contributed by atoms with Crippen LogP contribution >= 0.6 is 15.9 Å². The van der Waals surface area contributed by atoms with Crippen molar-refractivity contribution >= 4 is 27.5 Å². The number of halogens is 1. The smallest absolute Gasteiger partial charge is 0.162 e. The number of methoxy groups -OCH3 is 1. The monoisotopic (exact) mass is 553 g/mol. The van der Waals surface area contributed by atoms with Crippen molar-refractivity contribution in [2.24, 2.45) is 10.8 Å². The summed E-state index contributed by atoms with van der Waals surface area (Å²) in [7, 11) is 1.71. The third-order valence-electron chi connectivity index (χ3n) is 7.35. The normalized spacial score (nSPS) is 21.3. The zero-order chi connectivity index (χ0) is 26.3. The van der Waals surface area contributed by atoms with Gasteiger partial charge in [-0.3, -0.25) is 9.59 Å². The second kappa shape index (κ2) is 10.2. The molecular weight excluding hydrogens is 518 g/mol. The number of nitrogens with zero attached hydrogens (tertiary/aromatic N) is 1. The number of allylic oxidation sites excluding steroid dienone is 4. The molecule has 0 radical (unpaired) electrons. The van der Waals surface area contributed by atoms with Gasteiger partial charge in [-0.1, -0.05) is 39.7 Å². The molecule has 0 saturated carbocycles. The highest BCUT2D eigenvalue weighted by Crippen LogP contribution is 2.54. The van der Waals surface area contributed by atoms with E-state index < -0.39 is 0 Å². The summed E-state index contributed by atoms with van der Waals surface area (Å²) in [5.74, 6) is 3.02. The number of hydrogen-bond acceptors (Lipinski definition) is 5. The van der Waals surface area contributed by atoms with Crippen molar-refractivity contribution < 1.29 is 19.1 Å². The van der Waals surface area contributed by atoms with Crippen molar-refractivity contribution in [3.63, 3.8) is 0 Å². The van der Waals surface area contributed by atoms with Gasteiger partial charge in [0.2, 0.25) is 0 Å². The minimum atomic E-state index is -0.376. The third kappa shape index (κ3) is 5.19. The molecule has 1 aromatic rings. The van der Waals surface area contributed by atoms with Gasteiger partial charge in [0, 0.05) is 61.6 Å². The van der Waals surface area contributed by atoms with E-state index in [9.17, 15) is 9.59 Å². The summed E-state index contributed by atoms with van der Waals surface area (Å²) in [6.45, 7) is 10.2. The van der Waals surface area contributed by atoms with Crippen LogP contribution in [0.4, 0.5) is 0 Å². The van der Waals surface area contributed by atoms with E-state index in [0.717, 1.165) is 58.4 Å². The maximum absolute atomic E-state index is 13.8. The Morgan fingerprint density at radius 2 is 1.61 bits per heavy atom. The van der Waals surface area contributed by atoms with Crippen molar-refractivity contribution in [1.29, 1.82) is 0 Å². The second-order valence-electron chi connectivity index (χ2n) is 11.7. The van der Waals surface area contributed by atoms with Crippen LogP contribution in [0.5, 0.6) is 5.75 Å². The summed E-state index contributed by atoms with van der Waals surface area (Å²) in [5.41, 5.74) is 4.35. The van der Waals surface area contributed by atoms with Crippen LogP contribution in [0.3, 0.4) is 0 Å². The lowest BCUT2D eigenvalue weighted by Gasteiger charge is -2.49. The highest BCUT2D eigenvalue weighted by Gasteiger charge is 2.48. The molecule has 0 aromatic heterocycles. The highest BCUT2D eigenvalue weighted by atomic mass is 79.9. The molecule has 0 bridgehead atoms. The molecule has 0 amide bonds. The summed E-state index contributed by atoms with van der Waals surface area (Å²) < 4.78 is 11.8. The zero-order valence-electron chi connectivity index (χ0n) is 22.0. The van der Waals surface area contributed by atoms with Gasteiger partial charge < -0.3 is 14.4 Å². The molecule has 0 unspecified atom stereocenters. The number of carbonyl (C=O) groups excluding carboxylic acids is 2. The maximum Gasteiger partial charge on any atom is 0.162 e. The van der Waals surface area contributed by atoms with E-state index in [1.807, 2.05) is 18.2 Å². The first-order chi connectivity index (χ1) is 17.0. The first-order valence-electron chi connectivity index (χ1n) is 12.6. The Morgan fingerprint density at radius 1 is 1.03 bits per heavy atom. The molecule has 3 aliphatic rings. The Balaban J connectivity index is 1.91. The first-order valence-corrected chi connectivity index (χ1v) is 13.4. The van der Waals surface area contributed by atoms with E-state index in [0.29, 0.717) is 25.2 Å². The van der Waals surface area contributed by atoms with Gasteiger partial charge in [-0.15, -0.1) is 6.42 Å². The number of terminal acetylenes is 1. The van der Waals surface area contributed by atoms with Crippen LogP contribution < -0.4 is 4.74 Å². The van der Waals surface area contributed by atoms with Gasteiger partial charge in [-0.25, -0.2) is 0 Å². The summed E-state index contributed by atoms with van der Waals surface area (Å²) in [6, 6.07) is 5.82. The van der Waals surface area contributed by atoms with Crippen LogP contribution in [0.15, 0.2) is 45.2 Å². The van der Waals surface area contributed by atoms with Crippen LogP contribution in [-0.2, 0) is 14.3 Å². The number of hydrogen-bond donors (Lipinski definition) is 0. The molecule has 1 heterocycles. The lowest BCUT2D eigenvalue weighted by atomic mass is 9.63. The molecule has 0 saturated heterocycles. The number of ketones is 2. The molecular formula is C30H36BrNO4. The Hall–Kier alpha value is -2.36. The molecule has 192 valence electrons. The average molecular weight is 555 g/mol. The molecule has 0 spiro atoms. The van der Waals surface area contributed by atoms with Gasteiger partial charge in [0.25, 0.3) is 0 Å². The van der Waals surface area contributed by atoms with Crippen LogP contribution in [0.2, 0.25) is 0 Å². The molecule has 0 fully saturated rings. The number of ether oxygens (including phenoxy) is 2. The van der Waals surface area contributed by atoms with E-state index in [4.69, 9.17) is 15.9 Å². The number of carbonyl (C=O) groups is 2. The molecule has 0 N–H and O–H groups in total. The zero-order valence-corrected chi connectivity index (χ0v) is 23.6. The largest absolute Gasteiger partial charge is 0.480 e. The van der Waals surface area contributed by atoms with Gasteiger partial charge in [-0.05, 0) is 63.7 Å². The van der Waals surface area contributed by atoms with Gasteiger partial charge in [-0.2, -0.15) is 0 Å². The van der Waals surface area contributed by atoms with E-state index in [1.54, 1.807) is 7.11 Å². The Kier molecular flexibility index (Phi) is 7.55. The molecule has 5 nitrogen and oxygen atoms in total. The Bertz CT molecular complexity index is 1130. The molecule has 4 rings (SSSR count). The average Bonchev–Trinajstić information content (AvgIpc) is 2.77. The minimum Gasteiger partial charge on any atom is -0.480 e. The SMILES string of the molecule is C#CCOc1ccc(C2C3=C(CC(C)(C)CC3=O)N(CCCOC)C3=C2C(=O)CC(C)(C)C3)cc1Br. The fraction of sp³-hybridized carbons (Fsp3) is 0.533. The van der Waals surface area contributed by atoms with Crippen LogP contribution in [0, 0.1) is 23.2 Å². The van der Waals surface area contributed by atoms with Crippen molar-refractivity contribution in [3.05, 3.63) is 50.8 Å². The minimum absolute atomic E-state index is 0.135. The van der Waals surface area contributed by atoms with Crippen molar-refractivity contribution in [2.45, 2.75) is 65.7 Å². The van der Waals surface area contributed by atoms with Crippen molar-refractivity contribution in [3.8, 4) is 18.1 Å². The number of Topliss-reactive ketones (excluding diaryl/α,β-unsaturated/α-hetero) is 2. The Morgan fingerprint density at radius 3 is 2.11 bits per heavy atom. The van der Waals surface area contributed by atoms with Gasteiger partial charge >= 0.3 is 0 Å².